The lowest BCUT2D eigenvalue weighted by Gasteiger charge is -2.18. The third-order valence-corrected chi connectivity index (χ3v) is 2.90. The number of ether oxygens (including phenoxy) is 2. The van der Waals surface area contributed by atoms with Crippen LogP contribution in [0.15, 0.2) is 0 Å². The van der Waals surface area contributed by atoms with Gasteiger partial charge >= 0.3 is 0 Å². The van der Waals surface area contributed by atoms with Crippen molar-refractivity contribution < 1.29 is 9.47 Å². The summed E-state index contributed by atoms with van der Waals surface area (Å²) >= 11 is 0. The van der Waals surface area contributed by atoms with Crippen LogP contribution in [0.5, 0.6) is 0 Å². The zero-order valence-electron chi connectivity index (χ0n) is 12.4. The zero-order chi connectivity index (χ0) is 14.4. The minimum atomic E-state index is -0.0249. The molecule has 1 unspecified atom stereocenters. The van der Waals surface area contributed by atoms with Crippen LogP contribution in [0, 0.1) is 6.92 Å². The predicted octanol–water partition coefficient (Wildman–Crippen LogP) is 1.56. The molecule has 1 atom stereocenters. The molecule has 6 nitrogen and oxygen atoms in total. The van der Waals surface area contributed by atoms with Crippen LogP contribution in [-0.2, 0) is 9.47 Å². The fraction of sp³-hybridized carbons (Fsp3) is 0.692. The summed E-state index contributed by atoms with van der Waals surface area (Å²) in [6.45, 7) is 7.12. The van der Waals surface area contributed by atoms with Crippen LogP contribution in [0.2, 0.25) is 0 Å². The molecule has 0 aromatic carbocycles. The maximum atomic E-state index is 5.91. The molecule has 108 valence electrons. The number of rotatable bonds is 7. The van der Waals surface area contributed by atoms with E-state index in [1.807, 2.05) is 20.8 Å². The molecule has 1 aromatic rings. The van der Waals surface area contributed by atoms with E-state index < -0.39 is 0 Å². The number of nitrogens with two attached hydrogens (primary N) is 1. The monoisotopic (exact) mass is 268 g/mol. The van der Waals surface area contributed by atoms with Gasteiger partial charge in [0.25, 0.3) is 0 Å². The average Bonchev–Trinajstić information content (AvgIpc) is 2.38. The quantitative estimate of drug-likeness (QED) is 0.781. The van der Waals surface area contributed by atoms with Crippen LogP contribution in [0.4, 0.5) is 11.6 Å². The summed E-state index contributed by atoms with van der Waals surface area (Å²) in [6, 6.07) is 0. The predicted molar refractivity (Wildman–Crippen MR) is 76.4 cm³/mol. The van der Waals surface area contributed by atoms with Crippen molar-refractivity contribution in [2.45, 2.75) is 32.8 Å². The molecule has 19 heavy (non-hydrogen) atoms. The van der Waals surface area contributed by atoms with Crippen LogP contribution in [0.25, 0.3) is 0 Å². The molecule has 0 aliphatic carbocycles. The molecule has 0 amide bonds. The first kappa shape index (κ1) is 15.7. The van der Waals surface area contributed by atoms with Gasteiger partial charge < -0.3 is 20.5 Å². The van der Waals surface area contributed by atoms with Crippen molar-refractivity contribution in [1.29, 1.82) is 0 Å². The van der Waals surface area contributed by atoms with Gasteiger partial charge in [0.1, 0.15) is 17.5 Å². The molecule has 0 saturated heterocycles. The van der Waals surface area contributed by atoms with Gasteiger partial charge in [0.05, 0.1) is 12.7 Å². The van der Waals surface area contributed by atoms with E-state index in [4.69, 9.17) is 15.2 Å². The number of methoxy groups -OCH3 is 2. The highest BCUT2D eigenvalue weighted by atomic mass is 16.5. The molecule has 0 saturated carbocycles. The first-order valence-electron chi connectivity index (χ1n) is 6.39. The minimum Gasteiger partial charge on any atom is -0.383 e. The Bertz CT molecular complexity index is 410. The largest absolute Gasteiger partial charge is 0.383 e. The van der Waals surface area contributed by atoms with E-state index in [0.29, 0.717) is 19.0 Å². The van der Waals surface area contributed by atoms with E-state index in [9.17, 15) is 0 Å². The Kier molecular flexibility index (Phi) is 5.98. The number of nitrogens with zero attached hydrogens (tertiary/aromatic N) is 2. The summed E-state index contributed by atoms with van der Waals surface area (Å²) in [6.07, 6.45) is -0.0249. The number of nitrogen functional groups attached to an aromatic ring is 1. The van der Waals surface area contributed by atoms with Crippen LogP contribution in [0.1, 0.15) is 31.2 Å². The third kappa shape index (κ3) is 4.33. The molecule has 1 aromatic heterocycles. The Balaban J connectivity index is 2.82. The van der Waals surface area contributed by atoms with E-state index in [2.05, 4.69) is 15.3 Å². The molecule has 1 heterocycles. The first-order valence-corrected chi connectivity index (χ1v) is 6.39. The molecule has 0 spiro atoms. The van der Waals surface area contributed by atoms with E-state index in [1.165, 1.54) is 0 Å². The summed E-state index contributed by atoms with van der Waals surface area (Å²) in [7, 11) is 3.31. The Morgan fingerprint density at radius 3 is 2.47 bits per heavy atom. The molecule has 1 rings (SSSR count). The number of nitrogens with one attached hydrogen (secondary N) is 1. The lowest BCUT2D eigenvalue weighted by molar-refractivity contribution is 0.0365. The Labute approximate surface area is 114 Å². The van der Waals surface area contributed by atoms with Gasteiger partial charge in [-0.1, -0.05) is 13.8 Å². The second-order valence-electron chi connectivity index (χ2n) is 4.79. The van der Waals surface area contributed by atoms with Crippen LogP contribution in [-0.4, -0.2) is 43.4 Å². The van der Waals surface area contributed by atoms with Crippen molar-refractivity contribution in [3.05, 3.63) is 11.4 Å². The minimum absolute atomic E-state index is 0.0249. The summed E-state index contributed by atoms with van der Waals surface area (Å²) in [4.78, 5) is 8.79. The van der Waals surface area contributed by atoms with Crippen molar-refractivity contribution in [2.24, 2.45) is 0 Å². The topological polar surface area (TPSA) is 82.3 Å². The number of hydrogen-bond donors (Lipinski definition) is 2. The van der Waals surface area contributed by atoms with Crippen molar-refractivity contribution >= 4 is 11.6 Å². The molecule has 3 N–H and O–H groups in total. The van der Waals surface area contributed by atoms with E-state index >= 15 is 0 Å². The maximum Gasteiger partial charge on any atom is 0.135 e. The van der Waals surface area contributed by atoms with E-state index in [-0.39, 0.29) is 12.0 Å². The summed E-state index contributed by atoms with van der Waals surface area (Å²) < 4.78 is 10.4. The van der Waals surface area contributed by atoms with Crippen LogP contribution in [0.3, 0.4) is 0 Å². The van der Waals surface area contributed by atoms with Gasteiger partial charge in [-0.15, -0.1) is 0 Å². The van der Waals surface area contributed by atoms with Crippen molar-refractivity contribution in [1.82, 2.24) is 9.97 Å². The Hall–Kier alpha value is -1.40. The first-order chi connectivity index (χ1) is 8.99. The molecule has 0 bridgehead atoms. The molecular weight excluding hydrogens is 244 g/mol. The highest BCUT2D eigenvalue weighted by molar-refractivity contribution is 5.55. The van der Waals surface area contributed by atoms with Gasteiger partial charge in [0.15, 0.2) is 0 Å². The molecule has 0 aliphatic heterocycles. The molecule has 0 aliphatic rings. The van der Waals surface area contributed by atoms with Gasteiger partial charge in [-0.2, -0.15) is 0 Å². The smallest absolute Gasteiger partial charge is 0.135 e. The van der Waals surface area contributed by atoms with Gasteiger partial charge in [-0.3, -0.25) is 0 Å². The second-order valence-corrected chi connectivity index (χ2v) is 4.79. The zero-order valence-corrected chi connectivity index (χ0v) is 12.4. The number of aromatic nitrogens is 2. The normalized spacial score (nSPS) is 12.7. The van der Waals surface area contributed by atoms with Crippen LogP contribution < -0.4 is 11.1 Å². The standard InChI is InChI=1S/C13H24N4O2/c1-8(2)12-16-11(14)9(3)13(17-12)15-6-10(19-5)7-18-4/h8,10H,6-7H2,1-5H3,(H3,14,15,16,17). The SMILES string of the molecule is COCC(CNc1nc(C(C)C)nc(N)c1C)OC. The van der Waals surface area contributed by atoms with E-state index in [1.54, 1.807) is 14.2 Å². The van der Waals surface area contributed by atoms with Gasteiger partial charge in [0, 0.05) is 32.2 Å². The second kappa shape index (κ2) is 7.25. The summed E-state index contributed by atoms with van der Waals surface area (Å²) in [5.41, 5.74) is 6.77. The van der Waals surface area contributed by atoms with Crippen molar-refractivity contribution in [3.8, 4) is 0 Å². The third-order valence-electron chi connectivity index (χ3n) is 2.90. The molecule has 0 radical (unpaired) electrons. The maximum absolute atomic E-state index is 5.91. The van der Waals surface area contributed by atoms with Crippen molar-refractivity contribution in [2.75, 3.05) is 38.4 Å². The van der Waals surface area contributed by atoms with Gasteiger partial charge in [-0.05, 0) is 6.92 Å². The highest BCUT2D eigenvalue weighted by Crippen LogP contribution is 2.20. The number of anilines is 2. The Morgan fingerprint density at radius 1 is 1.26 bits per heavy atom. The summed E-state index contributed by atoms with van der Waals surface area (Å²) in [5.74, 6) is 2.25. The fourth-order valence-electron chi connectivity index (χ4n) is 1.59. The van der Waals surface area contributed by atoms with E-state index in [0.717, 1.165) is 17.2 Å². The lowest BCUT2D eigenvalue weighted by Crippen LogP contribution is -2.27. The fourth-order valence-corrected chi connectivity index (χ4v) is 1.59. The molecule has 0 fully saturated rings. The summed E-state index contributed by atoms with van der Waals surface area (Å²) in [5, 5.41) is 3.25. The highest BCUT2D eigenvalue weighted by Gasteiger charge is 2.13. The van der Waals surface area contributed by atoms with Crippen LogP contribution >= 0.6 is 0 Å². The lowest BCUT2D eigenvalue weighted by atomic mass is 10.2. The van der Waals surface area contributed by atoms with Crippen molar-refractivity contribution in [3.63, 3.8) is 0 Å². The Morgan fingerprint density at radius 2 is 1.95 bits per heavy atom. The number of hydrogen-bond acceptors (Lipinski definition) is 6. The van der Waals surface area contributed by atoms with Gasteiger partial charge in [-0.25, -0.2) is 9.97 Å². The molecular formula is C13H24N4O2. The van der Waals surface area contributed by atoms with Gasteiger partial charge in [0.2, 0.25) is 0 Å². The average molecular weight is 268 g/mol. The molecule has 6 heteroatoms.